The number of hydrogen-bond acceptors (Lipinski definition) is 5. The van der Waals surface area contributed by atoms with Crippen LogP contribution in [0.15, 0.2) is 56.8 Å². The molecule has 3 rings (SSSR count). The Balaban J connectivity index is 1.79. The molecule has 0 aliphatic rings. The first-order valence-electron chi connectivity index (χ1n) is 8.72. The summed E-state index contributed by atoms with van der Waals surface area (Å²) in [6.07, 6.45) is 0. The molecule has 0 aliphatic heterocycles. The summed E-state index contributed by atoms with van der Waals surface area (Å²) in [5.74, 6) is 0.506. The van der Waals surface area contributed by atoms with Gasteiger partial charge >= 0.3 is 10.7 Å². The molecule has 1 unspecified atom stereocenters. The van der Waals surface area contributed by atoms with E-state index >= 15 is 0 Å². The molecule has 1 amide bonds. The second-order valence-electron chi connectivity index (χ2n) is 6.32. The lowest BCUT2D eigenvalue weighted by Crippen LogP contribution is -2.37. The van der Waals surface area contributed by atoms with Crippen LogP contribution in [0.2, 0.25) is 0 Å². The van der Waals surface area contributed by atoms with Crippen LogP contribution in [0.3, 0.4) is 0 Å². The van der Waals surface area contributed by atoms with Crippen molar-refractivity contribution < 1.29 is 18.7 Å². The third kappa shape index (κ3) is 4.12. The highest BCUT2D eigenvalue weighted by Gasteiger charge is 2.29. The van der Waals surface area contributed by atoms with Crippen LogP contribution in [-0.2, 0) is 4.79 Å². The number of anilines is 1. The molecule has 0 radical (unpaired) electrons. The van der Waals surface area contributed by atoms with E-state index in [0.29, 0.717) is 11.4 Å². The number of carbonyl (C=O) groups excluding carboxylic acids is 1. The number of carbonyl (C=O) groups is 1. The Hall–Kier alpha value is -3.00. The molecule has 0 saturated carbocycles. The van der Waals surface area contributed by atoms with Crippen molar-refractivity contribution in [3.05, 3.63) is 64.0 Å². The first-order chi connectivity index (χ1) is 13.4. The van der Waals surface area contributed by atoms with Gasteiger partial charge < -0.3 is 10.1 Å². The standard InChI is InChI=1S/C20H21N3O4S/c1-12-6-5-7-17(13(12)2)21-18(24)14(3)28-19-20(25)27-22-23(19)15-8-10-16(26-4)11-9-15/h5-11,14H,1-4H3,(H-,21,22,24,25)/p+1. The molecular weight excluding hydrogens is 378 g/mol. The highest BCUT2D eigenvalue weighted by Crippen LogP contribution is 2.23. The van der Waals surface area contributed by atoms with Crippen LogP contribution in [0.5, 0.6) is 5.75 Å². The van der Waals surface area contributed by atoms with Crippen molar-refractivity contribution in [2.24, 2.45) is 0 Å². The summed E-state index contributed by atoms with van der Waals surface area (Å²) in [4.78, 5) is 24.8. The molecule has 2 aromatic carbocycles. The molecule has 0 bridgehead atoms. The fourth-order valence-electron chi connectivity index (χ4n) is 2.61. The number of rotatable bonds is 6. The zero-order valence-electron chi connectivity index (χ0n) is 16.1. The highest BCUT2D eigenvalue weighted by molar-refractivity contribution is 8.00. The van der Waals surface area contributed by atoms with Gasteiger partial charge in [-0.2, -0.15) is 0 Å². The van der Waals surface area contributed by atoms with Gasteiger partial charge in [-0.05, 0) is 71.8 Å². The van der Waals surface area contributed by atoms with E-state index in [0.717, 1.165) is 28.6 Å². The van der Waals surface area contributed by atoms with E-state index in [9.17, 15) is 9.59 Å². The van der Waals surface area contributed by atoms with Gasteiger partial charge in [-0.3, -0.25) is 9.32 Å². The predicted molar refractivity (Wildman–Crippen MR) is 107 cm³/mol. The number of nitrogens with one attached hydrogen (secondary N) is 2. The quantitative estimate of drug-likeness (QED) is 0.491. The van der Waals surface area contributed by atoms with Crippen LogP contribution in [0.4, 0.5) is 5.69 Å². The van der Waals surface area contributed by atoms with Gasteiger partial charge in [0.15, 0.2) is 0 Å². The number of methoxy groups -OCH3 is 1. The SMILES string of the molecule is COc1ccc(-[n+]2[nH]oc(=O)c2SC(C)C(=O)Nc2cccc(C)c2C)cc1. The van der Waals surface area contributed by atoms with Crippen LogP contribution >= 0.6 is 11.8 Å². The van der Waals surface area contributed by atoms with Crippen molar-refractivity contribution in [2.75, 3.05) is 12.4 Å². The van der Waals surface area contributed by atoms with E-state index in [4.69, 9.17) is 9.26 Å². The molecule has 0 spiro atoms. The van der Waals surface area contributed by atoms with Crippen LogP contribution < -0.4 is 20.4 Å². The Bertz CT molecular complexity index is 1040. The Morgan fingerprint density at radius 2 is 1.93 bits per heavy atom. The molecule has 1 atom stereocenters. The average molecular weight is 400 g/mol. The summed E-state index contributed by atoms with van der Waals surface area (Å²) in [5, 5.41) is 5.28. The maximum absolute atomic E-state index is 12.6. The van der Waals surface area contributed by atoms with Gasteiger partial charge in [0.25, 0.3) is 0 Å². The Morgan fingerprint density at radius 3 is 2.61 bits per heavy atom. The van der Waals surface area contributed by atoms with Crippen LogP contribution in [0, 0.1) is 13.8 Å². The lowest BCUT2D eigenvalue weighted by atomic mass is 10.1. The molecular formula is C20H22N3O4S+. The van der Waals surface area contributed by atoms with Gasteiger partial charge in [-0.15, -0.1) is 0 Å². The highest BCUT2D eigenvalue weighted by atomic mass is 32.2. The van der Waals surface area contributed by atoms with Crippen LogP contribution in [0.25, 0.3) is 5.69 Å². The maximum atomic E-state index is 12.6. The van der Waals surface area contributed by atoms with Crippen molar-refractivity contribution >= 4 is 23.4 Å². The molecule has 1 heterocycles. The lowest BCUT2D eigenvalue weighted by molar-refractivity contribution is -0.704. The number of aryl methyl sites for hydroxylation is 1. The van der Waals surface area contributed by atoms with Gasteiger partial charge in [0.05, 0.1) is 12.4 Å². The second kappa shape index (κ2) is 8.35. The van der Waals surface area contributed by atoms with Gasteiger partial charge in [0.1, 0.15) is 5.75 Å². The molecule has 3 aromatic rings. The number of amides is 1. The lowest BCUT2D eigenvalue weighted by Gasteiger charge is -2.13. The average Bonchev–Trinajstić information content (AvgIpc) is 3.05. The third-order valence-corrected chi connectivity index (χ3v) is 5.60. The summed E-state index contributed by atoms with van der Waals surface area (Å²) >= 11 is 1.13. The molecule has 8 heteroatoms. The second-order valence-corrected chi connectivity index (χ2v) is 7.65. The van der Waals surface area contributed by atoms with E-state index in [1.807, 2.05) is 32.0 Å². The first kappa shape index (κ1) is 19.8. The normalized spacial score (nSPS) is 11.9. The van der Waals surface area contributed by atoms with Gasteiger partial charge in [0.2, 0.25) is 11.6 Å². The van der Waals surface area contributed by atoms with E-state index in [2.05, 4.69) is 10.6 Å². The molecule has 146 valence electrons. The summed E-state index contributed by atoms with van der Waals surface area (Å²) in [6, 6.07) is 12.9. The zero-order chi connectivity index (χ0) is 20.3. The zero-order valence-corrected chi connectivity index (χ0v) is 16.9. The van der Waals surface area contributed by atoms with Crippen molar-refractivity contribution in [2.45, 2.75) is 31.0 Å². The summed E-state index contributed by atoms with van der Waals surface area (Å²) in [5.41, 5.74) is 3.04. The summed E-state index contributed by atoms with van der Waals surface area (Å²) < 4.78 is 11.6. The molecule has 0 fully saturated rings. The molecule has 7 nitrogen and oxygen atoms in total. The topological polar surface area (TPSA) is 88.2 Å². The van der Waals surface area contributed by atoms with E-state index in [1.54, 1.807) is 38.3 Å². The van der Waals surface area contributed by atoms with Gasteiger partial charge in [0, 0.05) is 17.8 Å². The number of nitrogens with zero attached hydrogens (tertiary/aromatic N) is 1. The van der Waals surface area contributed by atoms with Crippen LogP contribution in [0.1, 0.15) is 18.1 Å². The molecule has 0 saturated heterocycles. The minimum Gasteiger partial charge on any atom is -0.497 e. The molecule has 0 aliphatic carbocycles. The smallest absolute Gasteiger partial charge is 0.442 e. The molecule has 28 heavy (non-hydrogen) atoms. The Kier molecular flexibility index (Phi) is 5.89. The number of benzene rings is 2. The van der Waals surface area contributed by atoms with Gasteiger partial charge in [-0.25, -0.2) is 4.79 Å². The third-order valence-electron chi connectivity index (χ3n) is 4.46. The van der Waals surface area contributed by atoms with Crippen molar-refractivity contribution in [3.63, 3.8) is 0 Å². The number of hydrogen-bond donors (Lipinski definition) is 2. The number of aromatic amines is 1. The predicted octanol–water partition coefficient (Wildman–Crippen LogP) is 2.99. The maximum Gasteiger partial charge on any atom is 0.442 e. The van der Waals surface area contributed by atoms with Crippen molar-refractivity contribution in [1.29, 1.82) is 0 Å². The molecule has 2 N–H and O–H groups in total. The fraction of sp³-hybridized carbons (Fsp3) is 0.250. The van der Waals surface area contributed by atoms with Crippen molar-refractivity contribution in [3.8, 4) is 11.4 Å². The van der Waals surface area contributed by atoms with Crippen molar-refractivity contribution in [1.82, 2.24) is 5.27 Å². The first-order valence-corrected chi connectivity index (χ1v) is 9.60. The summed E-state index contributed by atoms with van der Waals surface area (Å²) in [6.45, 7) is 5.70. The van der Waals surface area contributed by atoms with Crippen LogP contribution in [-0.4, -0.2) is 23.5 Å². The number of thioether (sulfide) groups is 1. The van der Waals surface area contributed by atoms with E-state index in [-0.39, 0.29) is 10.9 Å². The number of H-pyrrole nitrogens is 1. The number of ether oxygens (including phenoxy) is 1. The fourth-order valence-corrected chi connectivity index (χ4v) is 3.49. The minimum absolute atomic E-state index is 0.194. The van der Waals surface area contributed by atoms with E-state index < -0.39 is 10.9 Å². The summed E-state index contributed by atoms with van der Waals surface area (Å²) in [7, 11) is 1.58. The Morgan fingerprint density at radius 1 is 1.21 bits per heavy atom. The number of aromatic nitrogens is 2. The van der Waals surface area contributed by atoms with Gasteiger partial charge in [-0.1, -0.05) is 12.1 Å². The monoisotopic (exact) mass is 400 g/mol. The largest absolute Gasteiger partial charge is 0.497 e. The Labute approximate surface area is 166 Å². The van der Waals surface area contributed by atoms with E-state index in [1.165, 1.54) is 4.68 Å². The molecule has 1 aromatic heterocycles. The minimum atomic E-state index is -0.535.